The average molecular weight is 193 g/mol. The standard InChI is InChI=1S/C9H17F2NO/c1-9(10,11)6-12-7-4-2-3-5-8(7)13/h7-8,12-13H,2-6H2,1H3/t7-,8-/m1/s1. The van der Waals surface area contributed by atoms with Crippen molar-refractivity contribution in [1.82, 2.24) is 5.32 Å². The third-order valence-corrected chi connectivity index (χ3v) is 2.40. The van der Waals surface area contributed by atoms with E-state index in [-0.39, 0.29) is 12.6 Å². The van der Waals surface area contributed by atoms with Crippen LogP contribution in [-0.2, 0) is 0 Å². The Kier molecular flexibility index (Phi) is 3.62. The maximum Gasteiger partial charge on any atom is 0.257 e. The number of hydrogen-bond donors (Lipinski definition) is 2. The summed E-state index contributed by atoms with van der Waals surface area (Å²) in [5, 5.41) is 12.2. The minimum absolute atomic E-state index is 0.139. The van der Waals surface area contributed by atoms with Crippen LogP contribution in [0.15, 0.2) is 0 Å². The van der Waals surface area contributed by atoms with Crippen molar-refractivity contribution in [1.29, 1.82) is 0 Å². The van der Waals surface area contributed by atoms with Crippen molar-refractivity contribution >= 4 is 0 Å². The first-order valence-corrected chi connectivity index (χ1v) is 4.78. The third kappa shape index (κ3) is 4.00. The molecule has 2 atom stereocenters. The molecule has 78 valence electrons. The zero-order valence-electron chi connectivity index (χ0n) is 7.89. The Hall–Kier alpha value is -0.220. The van der Waals surface area contributed by atoms with Crippen LogP contribution >= 0.6 is 0 Å². The average Bonchev–Trinajstić information content (AvgIpc) is 2.01. The molecule has 0 aliphatic heterocycles. The third-order valence-electron chi connectivity index (χ3n) is 2.40. The highest BCUT2D eigenvalue weighted by atomic mass is 19.3. The van der Waals surface area contributed by atoms with E-state index < -0.39 is 12.0 Å². The topological polar surface area (TPSA) is 32.3 Å². The summed E-state index contributed by atoms with van der Waals surface area (Å²) in [5.74, 6) is -2.68. The number of rotatable bonds is 3. The van der Waals surface area contributed by atoms with E-state index >= 15 is 0 Å². The lowest BCUT2D eigenvalue weighted by Crippen LogP contribution is -2.46. The zero-order valence-corrected chi connectivity index (χ0v) is 7.89. The Balaban J connectivity index is 2.27. The van der Waals surface area contributed by atoms with E-state index in [1.54, 1.807) is 0 Å². The van der Waals surface area contributed by atoms with Gasteiger partial charge < -0.3 is 10.4 Å². The van der Waals surface area contributed by atoms with Gasteiger partial charge in [-0.1, -0.05) is 12.8 Å². The number of hydrogen-bond acceptors (Lipinski definition) is 2. The van der Waals surface area contributed by atoms with Gasteiger partial charge in [0.2, 0.25) is 0 Å². The van der Waals surface area contributed by atoms with Crippen LogP contribution < -0.4 is 5.32 Å². The summed E-state index contributed by atoms with van der Waals surface area (Å²) in [6, 6.07) is -0.139. The van der Waals surface area contributed by atoms with Crippen LogP contribution in [0.4, 0.5) is 8.78 Å². The van der Waals surface area contributed by atoms with E-state index in [4.69, 9.17) is 0 Å². The van der Waals surface area contributed by atoms with Gasteiger partial charge in [-0.15, -0.1) is 0 Å². The fourth-order valence-electron chi connectivity index (χ4n) is 1.66. The highest BCUT2D eigenvalue weighted by Crippen LogP contribution is 2.19. The molecule has 0 aromatic carbocycles. The van der Waals surface area contributed by atoms with Crippen LogP contribution in [0.3, 0.4) is 0 Å². The van der Waals surface area contributed by atoms with Gasteiger partial charge in [0.25, 0.3) is 5.92 Å². The van der Waals surface area contributed by atoms with Gasteiger partial charge in [0.05, 0.1) is 12.6 Å². The van der Waals surface area contributed by atoms with Gasteiger partial charge in [-0.05, 0) is 12.8 Å². The van der Waals surface area contributed by atoms with Crippen LogP contribution in [-0.4, -0.2) is 29.7 Å². The lowest BCUT2D eigenvalue weighted by atomic mass is 9.92. The van der Waals surface area contributed by atoms with Crippen molar-refractivity contribution in [3.05, 3.63) is 0 Å². The molecule has 1 rings (SSSR count). The summed E-state index contributed by atoms with van der Waals surface area (Å²) in [6.45, 7) is 0.546. The first kappa shape index (κ1) is 10.9. The zero-order chi connectivity index (χ0) is 9.90. The van der Waals surface area contributed by atoms with Gasteiger partial charge in [0.1, 0.15) is 0 Å². The lowest BCUT2D eigenvalue weighted by Gasteiger charge is -2.29. The highest BCUT2D eigenvalue weighted by molar-refractivity contribution is 4.81. The molecule has 4 heteroatoms. The Morgan fingerprint density at radius 2 is 2.00 bits per heavy atom. The quantitative estimate of drug-likeness (QED) is 0.712. The molecule has 2 nitrogen and oxygen atoms in total. The molecule has 1 saturated carbocycles. The lowest BCUT2D eigenvalue weighted by molar-refractivity contribution is 0.00809. The molecule has 0 amide bonds. The molecule has 0 aromatic heterocycles. The van der Waals surface area contributed by atoms with Gasteiger partial charge in [0, 0.05) is 13.0 Å². The maximum atomic E-state index is 12.5. The number of halogens is 2. The molecule has 13 heavy (non-hydrogen) atoms. The van der Waals surface area contributed by atoms with Gasteiger partial charge in [-0.3, -0.25) is 0 Å². The molecule has 0 aromatic rings. The highest BCUT2D eigenvalue weighted by Gasteiger charge is 2.27. The Morgan fingerprint density at radius 1 is 1.38 bits per heavy atom. The first-order chi connectivity index (χ1) is 5.99. The minimum atomic E-state index is -2.68. The second kappa shape index (κ2) is 4.33. The fraction of sp³-hybridized carbons (Fsp3) is 1.00. The van der Waals surface area contributed by atoms with E-state index in [1.807, 2.05) is 0 Å². The van der Waals surface area contributed by atoms with Crippen LogP contribution in [0.1, 0.15) is 32.6 Å². The van der Waals surface area contributed by atoms with Crippen molar-refractivity contribution < 1.29 is 13.9 Å². The molecule has 0 unspecified atom stereocenters. The second-order valence-corrected chi connectivity index (χ2v) is 3.91. The summed E-state index contributed by atoms with van der Waals surface area (Å²) in [5.41, 5.74) is 0. The van der Waals surface area contributed by atoms with E-state index in [0.29, 0.717) is 0 Å². The van der Waals surface area contributed by atoms with E-state index in [0.717, 1.165) is 32.6 Å². The Labute approximate surface area is 77.3 Å². The normalized spacial score (nSPS) is 30.5. The number of nitrogens with one attached hydrogen (secondary N) is 1. The Bertz CT molecular complexity index is 158. The van der Waals surface area contributed by atoms with Gasteiger partial charge >= 0.3 is 0 Å². The number of aliphatic hydroxyl groups excluding tert-OH is 1. The summed E-state index contributed by atoms with van der Waals surface area (Å²) < 4.78 is 24.9. The second-order valence-electron chi connectivity index (χ2n) is 3.91. The molecule has 0 heterocycles. The van der Waals surface area contributed by atoms with Gasteiger partial charge in [-0.25, -0.2) is 8.78 Å². The molecule has 1 aliphatic carbocycles. The SMILES string of the molecule is CC(F)(F)CN[C@@H]1CCCC[C@H]1O. The largest absolute Gasteiger partial charge is 0.392 e. The first-order valence-electron chi connectivity index (χ1n) is 4.78. The molecular formula is C9H17F2NO. The monoisotopic (exact) mass is 193 g/mol. The summed E-state index contributed by atoms with van der Waals surface area (Å²) in [6.07, 6.45) is 3.10. The van der Waals surface area contributed by atoms with Crippen molar-refractivity contribution in [2.45, 2.75) is 50.7 Å². The molecule has 1 fully saturated rings. The predicted octanol–water partition coefficient (Wildman–Crippen LogP) is 1.53. The molecule has 0 spiro atoms. The van der Waals surface area contributed by atoms with Gasteiger partial charge in [0.15, 0.2) is 0 Å². The molecule has 0 radical (unpaired) electrons. The smallest absolute Gasteiger partial charge is 0.257 e. The fourth-order valence-corrected chi connectivity index (χ4v) is 1.66. The summed E-state index contributed by atoms with van der Waals surface area (Å²) >= 11 is 0. The molecule has 1 aliphatic rings. The van der Waals surface area contributed by atoms with Crippen LogP contribution in [0.5, 0.6) is 0 Å². The Morgan fingerprint density at radius 3 is 2.54 bits per heavy atom. The van der Waals surface area contributed by atoms with Crippen molar-refractivity contribution in [3.8, 4) is 0 Å². The molecule has 0 bridgehead atoms. The maximum absolute atomic E-state index is 12.5. The summed E-state index contributed by atoms with van der Waals surface area (Å²) in [4.78, 5) is 0. The number of alkyl halides is 2. The van der Waals surface area contributed by atoms with Crippen molar-refractivity contribution in [2.75, 3.05) is 6.54 Å². The molecular weight excluding hydrogens is 176 g/mol. The van der Waals surface area contributed by atoms with E-state index in [9.17, 15) is 13.9 Å². The van der Waals surface area contributed by atoms with E-state index in [1.165, 1.54) is 0 Å². The van der Waals surface area contributed by atoms with Crippen molar-refractivity contribution in [2.24, 2.45) is 0 Å². The molecule has 0 saturated heterocycles. The van der Waals surface area contributed by atoms with E-state index in [2.05, 4.69) is 5.32 Å². The van der Waals surface area contributed by atoms with Crippen LogP contribution in [0.2, 0.25) is 0 Å². The van der Waals surface area contributed by atoms with Crippen LogP contribution in [0.25, 0.3) is 0 Å². The summed E-state index contributed by atoms with van der Waals surface area (Å²) in [7, 11) is 0. The molecule has 2 N–H and O–H groups in total. The predicted molar refractivity (Wildman–Crippen MR) is 46.9 cm³/mol. The van der Waals surface area contributed by atoms with Crippen molar-refractivity contribution in [3.63, 3.8) is 0 Å². The van der Waals surface area contributed by atoms with Crippen LogP contribution in [0, 0.1) is 0 Å². The minimum Gasteiger partial charge on any atom is -0.392 e. The number of aliphatic hydroxyl groups is 1. The van der Waals surface area contributed by atoms with Gasteiger partial charge in [-0.2, -0.15) is 0 Å².